The summed E-state index contributed by atoms with van der Waals surface area (Å²) in [6, 6.07) is 4.72. The van der Waals surface area contributed by atoms with E-state index in [0.717, 1.165) is 23.0 Å². The van der Waals surface area contributed by atoms with Gasteiger partial charge < -0.3 is 21.1 Å². The number of amides is 1. The van der Waals surface area contributed by atoms with E-state index < -0.39 is 29.1 Å². The number of rotatable bonds is 4. The van der Waals surface area contributed by atoms with Gasteiger partial charge in [0, 0.05) is 18.3 Å². The molecule has 1 amide bonds. The number of halogens is 5. The fourth-order valence-electron chi connectivity index (χ4n) is 3.06. The zero-order chi connectivity index (χ0) is 25.6. The van der Waals surface area contributed by atoms with Crippen LogP contribution >= 0.6 is 23.2 Å². The van der Waals surface area contributed by atoms with Crippen LogP contribution in [0.2, 0.25) is 10.0 Å². The van der Waals surface area contributed by atoms with Crippen molar-refractivity contribution < 1.29 is 22.7 Å². The number of pyridine rings is 1. The highest BCUT2D eigenvalue weighted by Crippen LogP contribution is 2.35. The summed E-state index contributed by atoms with van der Waals surface area (Å²) in [4.78, 5) is 33.0. The Balaban J connectivity index is 0.000000607. The second-order valence-corrected chi connectivity index (χ2v) is 7.93. The Kier molecular flexibility index (Phi) is 8.54. The summed E-state index contributed by atoms with van der Waals surface area (Å²) < 4.78 is 41.8. The van der Waals surface area contributed by atoms with Crippen molar-refractivity contribution >= 4 is 40.6 Å². The maximum absolute atomic E-state index is 12.9. The quantitative estimate of drug-likeness (QED) is 0.464. The van der Waals surface area contributed by atoms with Crippen LogP contribution in [-0.4, -0.2) is 39.9 Å². The molecule has 0 spiro atoms. The van der Waals surface area contributed by atoms with Crippen LogP contribution in [0.25, 0.3) is 5.69 Å². The Morgan fingerprint density at radius 1 is 1.20 bits per heavy atom. The van der Waals surface area contributed by atoms with Crippen LogP contribution in [0.1, 0.15) is 23.2 Å². The van der Waals surface area contributed by atoms with Crippen LogP contribution in [0.15, 0.2) is 47.8 Å². The molecule has 2 aromatic heterocycles. The molecule has 0 saturated carbocycles. The van der Waals surface area contributed by atoms with Crippen molar-refractivity contribution in [2.24, 2.45) is 0 Å². The van der Waals surface area contributed by atoms with Crippen molar-refractivity contribution in [3.8, 4) is 11.4 Å². The fraction of sp³-hybridized carbons (Fsp3) is 0.238. The number of carbonyl (C=O) groups excluding carboxylic acids is 1. The molecule has 186 valence electrons. The molecule has 1 aromatic carbocycles. The Morgan fingerprint density at radius 2 is 1.86 bits per heavy atom. The first-order chi connectivity index (χ1) is 16.6. The smallest absolute Gasteiger partial charge is 0.406 e. The van der Waals surface area contributed by atoms with Gasteiger partial charge in [-0.2, -0.15) is 0 Å². The number of hydrogen-bond acceptors (Lipinski definition) is 7. The Bertz CT molecular complexity index is 1220. The molecule has 4 rings (SSSR count). The molecular formula is C21H19Cl2F3N6O3. The number of nitrogen functional groups attached to an aromatic ring is 1. The molecule has 14 heteroatoms. The molecule has 0 bridgehead atoms. The summed E-state index contributed by atoms with van der Waals surface area (Å²) >= 11 is 12.0. The summed E-state index contributed by atoms with van der Waals surface area (Å²) in [5.74, 6) is -1.94. The Morgan fingerprint density at radius 3 is 2.37 bits per heavy atom. The normalized spacial score (nSPS) is 13.1. The zero-order valence-electron chi connectivity index (χ0n) is 17.9. The van der Waals surface area contributed by atoms with Gasteiger partial charge in [0.1, 0.15) is 23.5 Å². The molecule has 3 heterocycles. The van der Waals surface area contributed by atoms with Crippen LogP contribution in [0.5, 0.6) is 5.75 Å². The number of anilines is 2. The second kappa shape index (κ2) is 11.4. The van der Waals surface area contributed by atoms with Gasteiger partial charge in [-0.15, -0.1) is 13.2 Å². The molecule has 0 aliphatic carbocycles. The maximum Gasteiger partial charge on any atom is 0.573 e. The number of alkyl halides is 3. The number of benzene rings is 1. The molecule has 1 fully saturated rings. The van der Waals surface area contributed by atoms with E-state index in [2.05, 4.69) is 25.3 Å². The van der Waals surface area contributed by atoms with E-state index in [9.17, 15) is 22.8 Å². The topological polar surface area (TPSA) is 124 Å². The van der Waals surface area contributed by atoms with Crippen molar-refractivity contribution in [3.63, 3.8) is 0 Å². The molecule has 0 unspecified atom stereocenters. The first-order valence-corrected chi connectivity index (χ1v) is 10.9. The highest BCUT2D eigenvalue weighted by Gasteiger charge is 2.32. The van der Waals surface area contributed by atoms with E-state index in [4.69, 9.17) is 28.9 Å². The van der Waals surface area contributed by atoms with Gasteiger partial charge in [-0.3, -0.25) is 19.1 Å². The summed E-state index contributed by atoms with van der Waals surface area (Å²) in [6.45, 7) is 2.50. The minimum absolute atomic E-state index is 0.208. The SMILES string of the molecule is C1CCNC1.Nc1ncn(-c2c(Cl)cc(OC(F)(F)F)cc2Cl)c(=O)c1C(=O)Nc1cccnc1. The van der Waals surface area contributed by atoms with Gasteiger partial charge >= 0.3 is 6.36 Å². The van der Waals surface area contributed by atoms with Crippen molar-refractivity contribution in [2.45, 2.75) is 19.2 Å². The zero-order valence-corrected chi connectivity index (χ0v) is 19.4. The Labute approximate surface area is 207 Å². The summed E-state index contributed by atoms with van der Waals surface area (Å²) in [6.07, 6.45) is 1.58. The number of nitrogens with one attached hydrogen (secondary N) is 2. The lowest BCUT2D eigenvalue weighted by Gasteiger charge is -2.15. The van der Waals surface area contributed by atoms with Gasteiger partial charge in [0.15, 0.2) is 0 Å². The maximum atomic E-state index is 12.9. The third kappa shape index (κ3) is 7.07. The average molecular weight is 531 g/mol. The lowest BCUT2D eigenvalue weighted by atomic mass is 10.2. The van der Waals surface area contributed by atoms with Gasteiger partial charge in [0.05, 0.1) is 27.6 Å². The fourth-order valence-corrected chi connectivity index (χ4v) is 3.71. The standard InChI is InChI=1S/C17H10Cl2F3N5O3.C4H9N/c18-10-4-9(30-17(20,21)22)5-11(19)13(10)27-7-25-14(23)12(16(27)29)15(28)26-8-2-1-3-24-6-8;1-2-4-5-3-1/h1-7H,23H2,(H,26,28);5H,1-4H2. The van der Waals surface area contributed by atoms with E-state index in [-0.39, 0.29) is 21.6 Å². The van der Waals surface area contributed by atoms with Crippen LogP contribution in [0.3, 0.4) is 0 Å². The molecule has 9 nitrogen and oxygen atoms in total. The minimum Gasteiger partial charge on any atom is -0.406 e. The number of ether oxygens (including phenoxy) is 1. The molecule has 1 saturated heterocycles. The lowest BCUT2D eigenvalue weighted by Crippen LogP contribution is -2.31. The van der Waals surface area contributed by atoms with Crippen molar-refractivity contribution in [1.29, 1.82) is 0 Å². The first kappa shape index (κ1) is 26.3. The molecule has 3 aromatic rings. The van der Waals surface area contributed by atoms with Crippen LogP contribution in [0, 0.1) is 0 Å². The highest BCUT2D eigenvalue weighted by atomic mass is 35.5. The number of nitrogens with two attached hydrogens (primary N) is 1. The molecule has 35 heavy (non-hydrogen) atoms. The molecule has 0 radical (unpaired) electrons. The van der Waals surface area contributed by atoms with Gasteiger partial charge in [-0.05, 0) is 38.1 Å². The summed E-state index contributed by atoms with van der Waals surface area (Å²) in [5, 5.41) is 4.95. The molecule has 1 aliphatic heterocycles. The molecule has 1 aliphatic rings. The van der Waals surface area contributed by atoms with Gasteiger partial charge in [0.25, 0.3) is 11.5 Å². The number of aromatic nitrogens is 3. The lowest BCUT2D eigenvalue weighted by molar-refractivity contribution is -0.274. The highest BCUT2D eigenvalue weighted by molar-refractivity contribution is 6.38. The third-order valence-corrected chi connectivity index (χ3v) is 5.15. The second-order valence-electron chi connectivity index (χ2n) is 7.12. The minimum atomic E-state index is -4.97. The van der Waals surface area contributed by atoms with Crippen LogP contribution in [-0.2, 0) is 0 Å². The van der Waals surface area contributed by atoms with E-state index >= 15 is 0 Å². The molecule has 4 N–H and O–H groups in total. The van der Waals surface area contributed by atoms with E-state index in [1.54, 1.807) is 6.07 Å². The van der Waals surface area contributed by atoms with Gasteiger partial charge in [0.2, 0.25) is 0 Å². The van der Waals surface area contributed by atoms with E-state index in [1.807, 2.05) is 0 Å². The number of carbonyl (C=O) groups is 1. The van der Waals surface area contributed by atoms with Crippen LogP contribution < -0.4 is 26.7 Å². The largest absolute Gasteiger partial charge is 0.573 e. The van der Waals surface area contributed by atoms with Crippen molar-refractivity contribution in [1.82, 2.24) is 19.9 Å². The van der Waals surface area contributed by atoms with Gasteiger partial charge in [-0.25, -0.2) is 4.98 Å². The summed E-state index contributed by atoms with van der Waals surface area (Å²) in [5.41, 5.74) is 4.30. The van der Waals surface area contributed by atoms with Crippen molar-refractivity contribution in [3.05, 3.63) is 68.9 Å². The van der Waals surface area contributed by atoms with Crippen molar-refractivity contribution in [2.75, 3.05) is 24.1 Å². The molecule has 0 atom stereocenters. The predicted octanol–water partition coefficient (Wildman–Crippen LogP) is 4.04. The van der Waals surface area contributed by atoms with E-state index in [0.29, 0.717) is 5.69 Å². The average Bonchev–Trinajstić information content (AvgIpc) is 3.35. The summed E-state index contributed by atoms with van der Waals surface area (Å²) in [7, 11) is 0. The predicted molar refractivity (Wildman–Crippen MR) is 125 cm³/mol. The monoisotopic (exact) mass is 530 g/mol. The molecular weight excluding hydrogens is 512 g/mol. The van der Waals surface area contributed by atoms with Gasteiger partial charge in [-0.1, -0.05) is 23.2 Å². The first-order valence-electron chi connectivity index (χ1n) is 10.1. The Hall–Kier alpha value is -3.35. The number of hydrogen-bond donors (Lipinski definition) is 3. The third-order valence-electron chi connectivity index (χ3n) is 4.57. The van der Waals surface area contributed by atoms with Crippen LogP contribution in [0.4, 0.5) is 24.7 Å². The van der Waals surface area contributed by atoms with E-state index in [1.165, 1.54) is 44.4 Å². The number of nitrogens with zero attached hydrogens (tertiary/aromatic N) is 3.